The van der Waals surface area contributed by atoms with E-state index in [1.54, 1.807) is 0 Å². The van der Waals surface area contributed by atoms with Gasteiger partial charge in [0.2, 0.25) is 0 Å². The number of fused-ring (bicyclic) bond motifs is 9. The first-order valence-corrected chi connectivity index (χ1v) is 22.6. The Morgan fingerprint density at radius 3 is 2.42 bits per heavy atom. The number of para-hydroxylation sites is 1. The third-order valence-electron chi connectivity index (χ3n) is 14.5. The van der Waals surface area contributed by atoms with Gasteiger partial charge in [-0.2, -0.15) is 0 Å². The van der Waals surface area contributed by atoms with Crippen LogP contribution in [0.5, 0.6) is 0 Å². The molecule has 8 aliphatic rings. The maximum Gasteiger partial charge on any atom is 0.159 e. The zero-order valence-electron chi connectivity index (χ0n) is 34.7. The van der Waals surface area contributed by atoms with Crippen LogP contribution in [0.25, 0.3) is 29.5 Å². The molecule has 4 aromatic carbocycles. The van der Waals surface area contributed by atoms with Crippen molar-refractivity contribution in [1.29, 1.82) is 0 Å². The minimum Gasteiger partial charge on any atom is -0.344 e. The van der Waals surface area contributed by atoms with Crippen molar-refractivity contribution in [3.63, 3.8) is 0 Å². The molecule has 0 fully saturated rings. The minimum atomic E-state index is -0.232. The molecular formula is C57H47N5. The largest absolute Gasteiger partial charge is 0.344 e. The Kier molecular flexibility index (Phi) is 8.25. The topological polar surface area (TPSA) is 44.9 Å². The molecular weight excluding hydrogens is 755 g/mol. The van der Waals surface area contributed by atoms with Crippen LogP contribution in [0.4, 0.5) is 5.69 Å². The zero-order chi connectivity index (χ0) is 40.7. The van der Waals surface area contributed by atoms with Crippen LogP contribution >= 0.6 is 0 Å². The summed E-state index contributed by atoms with van der Waals surface area (Å²) in [7, 11) is 0. The smallest absolute Gasteiger partial charge is 0.159 e. The van der Waals surface area contributed by atoms with Gasteiger partial charge in [0.05, 0.1) is 5.35 Å². The van der Waals surface area contributed by atoms with Crippen molar-refractivity contribution >= 4 is 46.9 Å². The molecule has 5 unspecified atom stereocenters. The number of hydrogen-bond acceptors (Lipinski definition) is 4. The SMILES string of the molecule is C1=CCC2C=c3c4c(n(C5=c6ccccc6=C(C6=NC(c7ccccc7)=NC(c7ccccc7)N6)CC5)c3=CC2=C1)CCC(N1c2ccccc2C2C=C3C=CC=CC3CC21)=C4. The summed E-state index contributed by atoms with van der Waals surface area (Å²) in [6.07, 6.45) is 32.1. The number of anilines is 1. The quantitative estimate of drug-likeness (QED) is 0.194. The normalized spacial score (nSPS) is 24.8. The van der Waals surface area contributed by atoms with Crippen molar-refractivity contribution in [2.75, 3.05) is 4.90 Å². The lowest BCUT2D eigenvalue weighted by atomic mass is 9.76. The highest BCUT2D eigenvalue weighted by atomic mass is 15.2. The molecule has 6 aliphatic carbocycles. The average molecular weight is 802 g/mol. The summed E-state index contributed by atoms with van der Waals surface area (Å²) in [5.74, 6) is 2.95. The number of hydrogen-bond donors (Lipinski definition) is 1. The van der Waals surface area contributed by atoms with Crippen LogP contribution in [0.2, 0.25) is 0 Å². The number of nitrogens with one attached hydrogen (secondary N) is 1. The molecule has 0 saturated carbocycles. The van der Waals surface area contributed by atoms with Gasteiger partial charge in [-0.15, -0.1) is 0 Å². The Balaban J connectivity index is 0.989. The van der Waals surface area contributed by atoms with Crippen LogP contribution in [0.15, 0.2) is 185 Å². The number of nitrogens with zero attached hydrogens (tertiary/aromatic N) is 4. The fraction of sp³-hybridized carbons (Fsp3) is 0.193. The van der Waals surface area contributed by atoms with Crippen LogP contribution in [0.3, 0.4) is 0 Å². The van der Waals surface area contributed by atoms with Gasteiger partial charge >= 0.3 is 0 Å². The summed E-state index contributed by atoms with van der Waals surface area (Å²) >= 11 is 0. The molecule has 5 nitrogen and oxygen atoms in total. The second-order valence-electron chi connectivity index (χ2n) is 17.9. The van der Waals surface area contributed by atoms with E-state index in [9.17, 15) is 0 Å². The lowest BCUT2D eigenvalue weighted by Crippen LogP contribution is -2.43. The average Bonchev–Trinajstić information content (AvgIpc) is 3.83. The number of aromatic nitrogens is 1. The highest BCUT2D eigenvalue weighted by Gasteiger charge is 2.43. The molecule has 1 aromatic heterocycles. The number of amidine groups is 2. The van der Waals surface area contributed by atoms with E-state index in [1.807, 2.05) is 0 Å². The van der Waals surface area contributed by atoms with Crippen LogP contribution in [-0.4, -0.2) is 22.3 Å². The monoisotopic (exact) mass is 801 g/mol. The van der Waals surface area contributed by atoms with Crippen molar-refractivity contribution in [2.24, 2.45) is 21.8 Å². The second-order valence-corrected chi connectivity index (χ2v) is 17.9. The maximum atomic E-state index is 5.29. The lowest BCUT2D eigenvalue weighted by molar-refractivity contribution is 0.485. The molecule has 0 spiro atoms. The summed E-state index contributed by atoms with van der Waals surface area (Å²) in [5.41, 5.74) is 14.8. The number of aliphatic imine (C=N–C) groups is 2. The van der Waals surface area contributed by atoms with Gasteiger partial charge in [-0.25, -0.2) is 9.98 Å². The van der Waals surface area contributed by atoms with Gasteiger partial charge in [-0.3, -0.25) is 0 Å². The van der Waals surface area contributed by atoms with Gasteiger partial charge in [-0.1, -0.05) is 158 Å². The van der Waals surface area contributed by atoms with Crippen LogP contribution in [0.1, 0.15) is 72.1 Å². The first kappa shape index (κ1) is 35.7. The van der Waals surface area contributed by atoms with Gasteiger partial charge in [0, 0.05) is 73.7 Å². The Hall–Kier alpha value is -6.98. The van der Waals surface area contributed by atoms with E-state index in [0.29, 0.717) is 23.8 Å². The Labute approximate surface area is 362 Å². The number of allylic oxidation sites excluding steroid dienone is 10. The highest BCUT2D eigenvalue weighted by molar-refractivity contribution is 6.23. The van der Waals surface area contributed by atoms with E-state index < -0.39 is 0 Å². The van der Waals surface area contributed by atoms with Crippen LogP contribution < -0.4 is 31.2 Å². The summed E-state index contributed by atoms with van der Waals surface area (Å²) in [5, 5.41) is 9.07. The lowest BCUT2D eigenvalue weighted by Gasteiger charge is -2.38. The Morgan fingerprint density at radius 2 is 1.52 bits per heavy atom. The maximum absolute atomic E-state index is 5.29. The van der Waals surface area contributed by atoms with Crippen molar-refractivity contribution in [2.45, 2.75) is 56.7 Å². The number of benzene rings is 4. The molecule has 0 bridgehead atoms. The molecule has 5 aromatic rings. The molecule has 62 heavy (non-hydrogen) atoms. The molecule has 0 amide bonds. The van der Waals surface area contributed by atoms with Gasteiger partial charge in [0.25, 0.3) is 0 Å². The molecule has 5 atom stereocenters. The van der Waals surface area contributed by atoms with Gasteiger partial charge < -0.3 is 14.8 Å². The van der Waals surface area contributed by atoms with E-state index >= 15 is 0 Å². The van der Waals surface area contributed by atoms with E-state index in [1.165, 1.54) is 71.6 Å². The molecule has 5 heteroatoms. The molecule has 0 radical (unpaired) electrons. The highest BCUT2D eigenvalue weighted by Crippen LogP contribution is 2.51. The molecule has 3 heterocycles. The summed E-state index contributed by atoms with van der Waals surface area (Å²) in [4.78, 5) is 13.2. The van der Waals surface area contributed by atoms with Gasteiger partial charge in [0.15, 0.2) is 5.84 Å². The van der Waals surface area contributed by atoms with Crippen LogP contribution in [0, 0.1) is 11.8 Å². The van der Waals surface area contributed by atoms with Crippen molar-refractivity contribution in [1.82, 2.24) is 9.88 Å². The van der Waals surface area contributed by atoms with Crippen molar-refractivity contribution in [3.8, 4) is 0 Å². The summed E-state index contributed by atoms with van der Waals surface area (Å²) in [6.45, 7) is 0. The summed E-state index contributed by atoms with van der Waals surface area (Å²) in [6, 6.07) is 39.6. The predicted octanol–water partition coefficient (Wildman–Crippen LogP) is 8.65. The predicted molar refractivity (Wildman–Crippen MR) is 254 cm³/mol. The summed E-state index contributed by atoms with van der Waals surface area (Å²) < 4.78 is 2.69. The second kappa shape index (κ2) is 14.3. The molecule has 300 valence electrons. The van der Waals surface area contributed by atoms with Gasteiger partial charge in [0.1, 0.15) is 12.0 Å². The third kappa shape index (κ3) is 5.67. The van der Waals surface area contributed by atoms with E-state index in [0.717, 1.165) is 61.3 Å². The van der Waals surface area contributed by atoms with Crippen molar-refractivity contribution in [3.05, 3.63) is 224 Å². The standard InChI is InChI=1S/C57H47N5/c1-3-15-36(16-4-1)55-58-56(37-17-5-2-6-18-37)60-57(59-55)46-28-30-51(44-24-12-11-23-43(44)46)62-52-29-27-42(35-49(52)48-32-39-20-8-10-22-41(39)34-54(48)62)61-50-26-14-13-25-45(50)47-31-38-19-7-9-21-40(38)33-53(47)61/h1-19,21-26,31-32,34-35,39-40,47,53,55H,20,27-30,33H2,(H,58,59,60). The fourth-order valence-electron chi connectivity index (χ4n) is 11.7. The first-order valence-electron chi connectivity index (χ1n) is 22.6. The van der Waals surface area contributed by atoms with E-state index in [2.05, 4.69) is 191 Å². The Morgan fingerprint density at radius 1 is 0.694 bits per heavy atom. The molecule has 13 rings (SSSR count). The minimum absolute atomic E-state index is 0.232. The zero-order valence-corrected chi connectivity index (χ0v) is 34.7. The number of rotatable bonds is 5. The molecule has 0 saturated heterocycles. The molecule has 2 aliphatic heterocycles. The Bertz CT molecular complexity index is 3240. The van der Waals surface area contributed by atoms with E-state index in [4.69, 9.17) is 9.98 Å². The fourth-order valence-corrected chi connectivity index (χ4v) is 11.7. The van der Waals surface area contributed by atoms with Crippen molar-refractivity contribution < 1.29 is 0 Å². The first-order chi connectivity index (χ1) is 30.7. The third-order valence-corrected chi connectivity index (χ3v) is 14.5. The molecule has 1 N–H and O–H groups in total. The van der Waals surface area contributed by atoms with Crippen LogP contribution in [-0.2, 0) is 6.42 Å². The van der Waals surface area contributed by atoms with E-state index in [-0.39, 0.29) is 6.17 Å². The van der Waals surface area contributed by atoms with Gasteiger partial charge in [-0.05, 0) is 84.2 Å².